The molecule has 1 fully saturated rings. The lowest BCUT2D eigenvalue weighted by atomic mass is 10.2. The summed E-state index contributed by atoms with van der Waals surface area (Å²) in [5.41, 5.74) is 0.865. The monoisotopic (exact) mass is 413 g/mol. The van der Waals surface area contributed by atoms with E-state index in [2.05, 4.69) is 16.9 Å². The molecule has 30 heavy (non-hydrogen) atoms. The fourth-order valence-corrected chi connectivity index (χ4v) is 3.53. The molecule has 1 aromatic carbocycles. The third-order valence-corrected chi connectivity index (χ3v) is 5.27. The first-order valence-electron chi connectivity index (χ1n) is 10.4. The van der Waals surface area contributed by atoms with Crippen molar-refractivity contribution in [3.8, 4) is 0 Å². The van der Waals surface area contributed by atoms with E-state index in [4.69, 9.17) is 0 Å². The van der Waals surface area contributed by atoms with Crippen LogP contribution in [0.2, 0.25) is 0 Å². The van der Waals surface area contributed by atoms with E-state index in [9.17, 15) is 14.0 Å². The Morgan fingerprint density at radius 2 is 1.87 bits per heavy atom. The van der Waals surface area contributed by atoms with Crippen LogP contribution in [0.25, 0.3) is 0 Å². The summed E-state index contributed by atoms with van der Waals surface area (Å²) < 4.78 is 14.0. The minimum atomic E-state index is -0.244. The second-order valence-corrected chi connectivity index (χ2v) is 7.31. The Hall–Kier alpha value is -3.03. The maximum Gasteiger partial charge on any atom is 0.274 e. The van der Waals surface area contributed by atoms with Gasteiger partial charge >= 0.3 is 0 Å². The number of hydrogen-bond acceptors (Lipinski definition) is 5. The van der Waals surface area contributed by atoms with Crippen LogP contribution in [-0.2, 0) is 4.79 Å². The van der Waals surface area contributed by atoms with Crippen molar-refractivity contribution in [3.63, 3.8) is 0 Å². The lowest BCUT2D eigenvalue weighted by Gasteiger charge is -2.36. The summed E-state index contributed by atoms with van der Waals surface area (Å²) in [5, 5.41) is 0. The predicted octanol–water partition coefficient (Wildman–Crippen LogP) is 2.60. The molecular formula is C22H28FN5O2. The van der Waals surface area contributed by atoms with Gasteiger partial charge in [0.25, 0.3) is 5.91 Å². The highest BCUT2D eigenvalue weighted by Gasteiger charge is 2.24. The largest absolute Gasteiger partial charge is 0.366 e. The predicted molar refractivity (Wildman–Crippen MR) is 113 cm³/mol. The van der Waals surface area contributed by atoms with E-state index in [1.54, 1.807) is 21.9 Å². The number of hydrogen-bond donors (Lipinski definition) is 0. The van der Waals surface area contributed by atoms with Crippen LogP contribution in [0.5, 0.6) is 0 Å². The number of nitrogens with zero attached hydrogens (tertiary/aromatic N) is 5. The summed E-state index contributed by atoms with van der Waals surface area (Å²) in [7, 11) is 0. The first kappa shape index (κ1) is 21.7. The number of para-hydroxylation sites is 1. The molecule has 1 aliphatic heterocycles. The van der Waals surface area contributed by atoms with Crippen molar-refractivity contribution in [1.82, 2.24) is 19.8 Å². The van der Waals surface area contributed by atoms with Gasteiger partial charge in [-0.15, -0.1) is 0 Å². The van der Waals surface area contributed by atoms with Gasteiger partial charge in [-0.2, -0.15) is 0 Å². The molecule has 2 heterocycles. The standard InChI is InChI=1S/C22H28FN5O2/c1-2-3-11-28(22(30)19-17-24-9-10-25-19)12-8-21(29)27-15-13-26(14-16-27)20-7-5-4-6-18(20)23/h4-7,9-10,17H,2-3,8,11-16H2,1H3. The minimum Gasteiger partial charge on any atom is -0.366 e. The van der Waals surface area contributed by atoms with E-state index in [1.165, 1.54) is 24.7 Å². The van der Waals surface area contributed by atoms with Gasteiger partial charge in [-0.25, -0.2) is 9.37 Å². The topological polar surface area (TPSA) is 69.6 Å². The summed E-state index contributed by atoms with van der Waals surface area (Å²) in [6, 6.07) is 6.70. The van der Waals surface area contributed by atoms with Crippen molar-refractivity contribution in [2.45, 2.75) is 26.2 Å². The van der Waals surface area contributed by atoms with E-state index in [0.29, 0.717) is 50.6 Å². The number of amides is 2. The van der Waals surface area contributed by atoms with Gasteiger partial charge in [0.2, 0.25) is 5.91 Å². The average molecular weight is 413 g/mol. The molecule has 2 aromatic rings. The highest BCUT2D eigenvalue weighted by molar-refractivity contribution is 5.92. The van der Waals surface area contributed by atoms with Crippen LogP contribution in [0.1, 0.15) is 36.7 Å². The Balaban J connectivity index is 1.53. The number of halogens is 1. The highest BCUT2D eigenvalue weighted by Crippen LogP contribution is 2.20. The SMILES string of the molecule is CCCCN(CCC(=O)N1CCN(c2ccccc2F)CC1)C(=O)c1cnccn1. The lowest BCUT2D eigenvalue weighted by molar-refractivity contribution is -0.131. The number of aromatic nitrogens is 2. The maximum atomic E-state index is 14.0. The van der Waals surface area contributed by atoms with E-state index in [1.807, 2.05) is 11.0 Å². The number of piperazine rings is 1. The third kappa shape index (κ3) is 5.52. The Labute approximate surface area is 176 Å². The van der Waals surface area contributed by atoms with Gasteiger partial charge < -0.3 is 14.7 Å². The van der Waals surface area contributed by atoms with E-state index >= 15 is 0 Å². The molecule has 0 aliphatic carbocycles. The second kappa shape index (κ2) is 10.7. The van der Waals surface area contributed by atoms with E-state index < -0.39 is 0 Å². The molecule has 3 rings (SSSR count). The van der Waals surface area contributed by atoms with Crippen molar-refractivity contribution in [2.24, 2.45) is 0 Å². The van der Waals surface area contributed by atoms with Gasteiger partial charge in [-0.1, -0.05) is 25.5 Å². The van der Waals surface area contributed by atoms with Crippen molar-refractivity contribution in [2.75, 3.05) is 44.2 Å². The molecular weight excluding hydrogens is 385 g/mol. The molecule has 0 saturated carbocycles. The zero-order chi connectivity index (χ0) is 21.3. The molecule has 1 saturated heterocycles. The quantitative estimate of drug-likeness (QED) is 0.665. The summed E-state index contributed by atoms with van der Waals surface area (Å²) >= 11 is 0. The van der Waals surface area contributed by atoms with Crippen LogP contribution in [0.3, 0.4) is 0 Å². The van der Waals surface area contributed by atoms with Crippen LogP contribution in [0.15, 0.2) is 42.9 Å². The average Bonchev–Trinajstić information content (AvgIpc) is 2.79. The zero-order valence-corrected chi connectivity index (χ0v) is 17.3. The zero-order valence-electron chi connectivity index (χ0n) is 17.3. The van der Waals surface area contributed by atoms with E-state index in [0.717, 1.165) is 12.8 Å². The van der Waals surface area contributed by atoms with Crippen LogP contribution < -0.4 is 4.90 Å². The van der Waals surface area contributed by atoms with Crippen molar-refractivity contribution >= 4 is 17.5 Å². The number of carbonyl (C=O) groups excluding carboxylic acids is 2. The highest BCUT2D eigenvalue weighted by atomic mass is 19.1. The van der Waals surface area contributed by atoms with Crippen molar-refractivity contribution < 1.29 is 14.0 Å². The Morgan fingerprint density at radius 1 is 1.10 bits per heavy atom. The van der Waals surface area contributed by atoms with Gasteiger partial charge in [0.15, 0.2) is 0 Å². The molecule has 0 N–H and O–H groups in total. The fourth-order valence-electron chi connectivity index (χ4n) is 3.53. The van der Waals surface area contributed by atoms with Crippen molar-refractivity contribution in [1.29, 1.82) is 0 Å². The fraction of sp³-hybridized carbons (Fsp3) is 0.455. The van der Waals surface area contributed by atoms with Crippen LogP contribution in [0, 0.1) is 5.82 Å². The number of benzene rings is 1. The Kier molecular flexibility index (Phi) is 7.70. The Bertz CT molecular complexity index is 840. The van der Waals surface area contributed by atoms with Crippen LogP contribution in [-0.4, -0.2) is 70.9 Å². The molecule has 0 atom stereocenters. The molecule has 160 valence electrons. The number of unbranched alkanes of at least 4 members (excludes halogenated alkanes) is 1. The van der Waals surface area contributed by atoms with Crippen molar-refractivity contribution in [3.05, 3.63) is 54.4 Å². The van der Waals surface area contributed by atoms with Gasteiger partial charge in [0.05, 0.1) is 11.9 Å². The first-order valence-corrected chi connectivity index (χ1v) is 10.4. The molecule has 0 spiro atoms. The summed E-state index contributed by atoms with van der Waals surface area (Å²) in [4.78, 5) is 38.9. The van der Waals surface area contributed by atoms with Gasteiger partial charge in [0, 0.05) is 58.1 Å². The van der Waals surface area contributed by atoms with E-state index in [-0.39, 0.29) is 24.1 Å². The minimum absolute atomic E-state index is 0.0108. The van der Waals surface area contributed by atoms with Gasteiger partial charge in [-0.05, 0) is 18.6 Å². The molecule has 0 radical (unpaired) electrons. The second-order valence-electron chi connectivity index (χ2n) is 7.31. The Morgan fingerprint density at radius 3 is 2.53 bits per heavy atom. The number of carbonyl (C=O) groups is 2. The molecule has 2 amide bonds. The molecule has 0 bridgehead atoms. The normalized spacial score (nSPS) is 13.9. The lowest BCUT2D eigenvalue weighted by Crippen LogP contribution is -2.49. The first-order chi connectivity index (χ1) is 14.6. The van der Waals surface area contributed by atoms with Crippen LogP contribution in [0.4, 0.5) is 10.1 Å². The molecule has 7 nitrogen and oxygen atoms in total. The van der Waals surface area contributed by atoms with Crippen LogP contribution >= 0.6 is 0 Å². The maximum absolute atomic E-state index is 14.0. The van der Waals surface area contributed by atoms with Gasteiger partial charge in [0.1, 0.15) is 11.5 Å². The third-order valence-electron chi connectivity index (χ3n) is 5.27. The molecule has 0 unspecified atom stereocenters. The molecule has 8 heteroatoms. The number of rotatable bonds is 8. The number of anilines is 1. The molecule has 1 aromatic heterocycles. The summed E-state index contributed by atoms with van der Waals surface area (Å²) in [6.45, 7) is 5.25. The van der Waals surface area contributed by atoms with Gasteiger partial charge in [-0.3, -0.25) is 14.6 Å². The summed E-state index contributed by atoms with van der Waals surface area (Å²) in [6.07, 6.45) is 6.54. The summed E-state index contributed by atoms with van der Waals surface area (Å²) in [5.74, 6) is -0.434. The molecule has 1 aliphatic rings. The smallest absolute Gasteiger partial charge is 0.274 e.